The van der Waals surface area contributed by atoms with Crippen molar-refractivity contribution in [2.45, 2.75) is 43.7 Å². The van der Waals surface area contributed by atoms with E-state index in [0.29, 0.717) is 21.8 Å². The highest BCUT2D eigenvalue weighted by molar-refractivity contribution is 7.98. The number of rotatable bonds is 6. The van der Waals surface area contributed by atoms with Crippen LogP contribution in [0.3, 0.4) is 0 Å². The lowest BCUT2D eigenvalue weighted by molar-refractivity contribution is 0.0995. The van der Waals surface area contributed by atoms with Gasteiger partial charge in [0.1, 0.15) is 16.9 Å². The maximum absolute atomic E-state index is 12.4. The van der Waals surface area contributed by atoms with Crippen molar-refractivity contribution in [1.29, 1.82) is 0 Å². The molecule has 146 valence electrons. The Morgan fingerprint density at radius 1 is 1.29 bits per heavy atom. The zero-order chi connectivity index (χ0) is 19.5. The Morgan fingerprint density at radius 2 is 2.11 bits per heavy atom. The summed E-state index contributed by atoms with van der Waals surface area (Å²) in [6.07, 6.45) is 1.95. The van der Waals surface area contributed by atoms with Gasteiger partial charge in [0.15, 0.2) is 10.9 Å². The van der Waals surface area contributed by atoms with Crippen LogP contribution in [0.5, 0.6) is 0 Å². The van der Waals surface area contributed by atoms with Gasteiger partial charge in [0.2, 0.25) is 5.13 Å². The van der Waals surface area contributed by atoms with Crippen LogP contribution in [0, 0.1) is 13.8 Å². The molecule has 0 bridgehead atoms. The quantitative estimate of drug-likeness (QED) is 0.475. The summed E-state index contributed by atoms with van der Waals surface area (Å²) >= 11 is 2.80. The zero-order valence-corrected chi connectivity index (χ0v) is 17.1. The van der Waals surface area contributed by atoms with Gasteiger partial charge in [-0.25, -0.2) is 9.97 Å². The molecule has 3 aromatic rings. The van der Waals surface area contributed by atoms with E-state index in [1.807, 2.05) is 19.9 Å². The molecule has 1 unspecified atom stereocenters. The molecule has 0 saturated carbocycles. The predicted molar refractivity (Wildman–Crippen MR) is 106 cm³/mol. The first kappa shape index (κ1) is 19.0. The summed E-state index contributed by atoms with van der Waals surface area (Å²) in [5.74, 6) is 1.09. The number of nitrogens with zero attached hydrogens (tertiary/aromatic N) is 4. The Labute approximate surface area is 170 Å². The summed E-state index contributed by atoms with van der Waals surface area (Å²) in [7, 11) is 0. The summed E-state index contributed by atoms with van der Waals surface area (Å²) in [6.45, 7) is 4.61. The summed E-state index contributed by atoms with van der Waals surface area (Å²) in [6, 6.07) is 5.36. The summed E-state index contributed by atoms with van der Waals surface area (Å²) in [5.41, 5.74) is 1.85. The number of nitrogens with one attached hydrogen (secondary N) is 1. The van der Waals surface area contributed by atoms with E-state index in [0.717, 1.165) is 35.8 Å². The van der Waals surface area contributed by atoms with E-state index in [-0.39, 0.29) is 17.8 Å². The highest BCUT2D eigenvalue weighted by atomic mass is 32.2. The number of carbonyl (C=O) groups is 1. The van der Waals surface area contributed by atoms with E-state index in [4.69, 9.17) is 9.15 Å². The van der Waals surface area contributed by atoms with Gasteiger partial charge in [-0.1, -0.05) is 23.1 Å². The first-order valence-corrected chi connectivity index (χ1v) is 10.7. The minimum Gasteiger partial charge on any atom is -0.455 e. The molecule has 1 amide bonds. The van der Waals surface area contributed by atoms with E-state index in [1.165, 1.54) is 23.1 Å². The normalized spacial score (nSPS) is 16.4. The first-order chi connectivity index (χ1) is 13.6. The van der Waals surface area contributed by atoms with Crippen molar-refractivity contribution >= 4 is 34.1 Å². The largest absolute Gasteiger partial charge is 0.455 e. The molecule has 0 spiro atoms. The minimum absolute atomic E-state index is 0.0112. The van der Waals surface area contributed by atoms with Crippen molar-refractivity contribution in [2.24, 2.45) is 0 Å². The van der Waals surface area contributed by atoms with Crippen molar-refractivity contribution < 1.29 is 13.9 Å². The SMILES string of the molecule is Cc1cc(C)nc(SCc2ccc(C(=O)Nc3nnc(C4CCCO4)s3)o2)n1. The minimum atomic E-state index is -0.353. The van der Waals surface area contributed by atoms with Gasteiger partial charge in [-0.05, 0) is 44.9 Å². The molecule has 1 N–H and O–H groups in total. The van der Waals surface area contributed by atoms with Crippen LogP contribution in [-0.2, 0) is 10.5 Å². The molecule has 1 atom stereocenters. The van der Waals surface area contributed by atoms with Crippen LogP contribution in [0.25, 0.3) is 0 Å². The number of thioether (sulfide) groups is 1. The van der Waals surface area contributed by atoms with E-state index in [1.54, 1.807) is 12.1 Å². The van der Waals surface area contributed by atoms with Crippen molar-refractivity contribution in [3.8, 4) is 0 Å². The standard InChI is InChI=1S/C18H19N5O3S2/c1-10-8-11(2)20-17(19-10)27-9-12-5-6-13(26-12)15(24)21-18-23-22-16(28-18)14-4-3-7-25-14/h5-6,8,14H,3-4,7,9H2,1-2H3,(H,21,23,24). The van der Waals surface area contributed by atoms with Gasteiger partial charge >= 0.3 is 0 Å². The van der Waals surface area contributed by atoms with Crippen molar-refractivity contribution in [2.75, 3.05) is 11.9 Å². The third kappa shape index (κ3) is 4.57. The van der Waals surface area contributed by atoms with Crippen LogP contribution in [0.1, 0.15) is 51.7 Å². The number of aromatic nitrogens is 4. The van der Waals surface area contributed by atoms with Crippen molar-refractivity contribution in [3.05, 3.63) is 46.1 Å². The monoisotopic (exact) mass is 417 g/mol. The zero-order valence-electron chi connectivity index (χ0n) is 15.5. The highest BCUT2D eigenvalue weighted by Crippen LogP contribution is 2.32. The lowest BCUT2D eigenvalue weighted by Gasteiger charge is -2.02. The molecule has 0 radical (unpaired) electrons. The Balaban J connectivity index is 1.35. The molecule has 0 aromatic carbocycles. The van der Waals surface area contributed by atoms with Crippen LogP contribution in [0.15, 0.2) is 27.8 Å². The average Bonchev–Trinajstić information content (AvgIpc) is 3.40. The molecule has 1 aliphatic rings. The molecule has 28 heavy (non-hydrogen) atoms. The fourth-order valence-corrected chi connectivity index (χ4v) is 4.48. The molecule has 4 heterocycles. The second-order valence-electron chi connectivity index (χ2n) is 6.39. The first-order valence-electron chi connectivity index (χ1n) is 8.87. The Bertz CT molecular complexity index is 961. The van der Waals surface area contributed by atoms with Crippen LogP contribution < -0.4 is 5.32 Å². The van der Waals surface area contributed by atoms with Crippen LogP contribution in [-0.4, -0.2) is 32.7 Å². The van der Waals surface area contributed by atoms with Crippen LogP contribution in [0.4, 0.5) is 5.13 Å². The number of amides is 1. The van der Waals surface area contributed by atoms with E-state index >= 15 is 0 Å². The van der Waals surface area contributed by atoms with Crippen molar-refractivity contribution in [3.63, 3.8) is 0 Å². The molecule has 10 heteroatoms. The predicted octanol–water partition coefficient (Wildman–Crippen LogP) is 3.93. The topological polar surface area (TPSA) is 103 Å². The van der Waals surface area contributed by atoms with Gasteiger partial charge in [-0.15, -0.1) is 10.2 Å². The fraction of sp³-hybridized carbons (Fsp3) is 0.389. The number of aryl methyl sites for hydroxylation is 2. The second-order valence-corrected chi connectivity index (χ2v) is 8.34. The Morgan fingerprint density at radius 3 is 2.86 bits per heavy atom. The molecular formula is C18H19N5O3S2. The summed E-state index contributed by atoms with van der Waals surface area (Å²) in [5, 5.41) is 12.8. The van der Waals surface area contributed by atoms with Crippen molar-refractivity contribution in [1.82, 2.24) is 20.2 Å². The molecule has 1 fully saturated rings. The van der Waals surface area contributed by atoms with Crippen LogP contribution in [0.2, 0.25) is 0 Å². The van der Waals surface area contributed by atoms with Gasteiger partial charge < -0.3 is 9.15 Å². The summed E-state index contributed by atoms with van der Waals surface area (Å²) in [4.78, 5) is 21.2. The maximum atomic E-state index is 12.4. The smallest absolute Gasteiger partial charge is 0.293 e. The lowest BCUT2D eigenvalue weighted by Crippen LogP contribution is -2.10. The van der Waals surface area contributed by atoms with Gasteiger partial charge in [0.25, 0.3) is 5.91 Å². The Hall–Kier alpha value is -2.30. The molecule has 3 aromatic heterocycles. The van der Waals surface area contributed by atoms with E-state index in [2.05, 4.69) is 25.5 Å². The Kier molecular flexibility index (Phi) is 5.69. The molecule has 0 aliphatic carbocycles. The fourth-order valence-electron chi connectivity index (χ4n) is 2.82. The van der Waals surface area contributed by atoms with E-state index < -0.39 is 0 Å². The number of furan rings is 1. The second kappa shape index (κ2) is 8.38. The number of carbonyl (C=O) groups excluding carboxylic acids is 1. The molecule has 1 aliphatic heterocycles. The number of anilines is 1. The number of ether oxygens (including phenoxy) is 1. The van der Waals surface area contributed by atoms with E-state index in [9.17, 15) is 4.79 Å². The molecule has 1 saturated heterocycles. The van der Waals surface area contributed by atoms with Gasteiger partial charge in [0.05, 0.1) is 5.75 Å². The van der Waals surface area contributed by atoms with Gasteiger partial charge in [-0.2, -0.15) is 0 Å². The third-order valence-corrected chi connectivity index (χ3v) is 5.86. The molecule has 8 nitrogen and oxygen atoms in total. The highest BCUT2D eigenvalue weighted by Gasteiger charge is 2.23. The number of hydrogen-bond donors (Lipinski definition) is 1. The average molecular weight is 418 g/mol. The summed E-state index contributed by atoms with van der Waals surface area (Å²) < 4.78 is 11.2. The lowest BCUT2D eigenvalue weighted by atomic mass is 10.2. The number of hydrogen-bond acceptors (Lipinski definition) is 9. The third-order valence-electron chi connectivity index (χ3n) is 4.06. The molecule has 4 rings (SSSR count). The van der Waals surface area contributed by atoms with Crippen LogP contribution >= 0.6 is 23.1 Å². The maximum Gasteiger partial charge on any atom is 0.293 e. The van der Waals surface area contributed by atoms with Gasteiger partial charge in [0, 0.05) is 18.0 Å². The molecular weight excluding hydrogens is 398 g/mol. The van der Waals surface area contributed by atoms with Gasteiger partial charge in [-0.3, -0.25) is 10.1 Å².